The topological polar surface area (TPSA) is 88.4 Å². The molecule has 6 nitrogen and oxygen atoms in total. The quantitative estimate of drug-likeness (QED) is 0.866. The molecule has 2 N–H and O–H groups in total. The number of carbonyl (C=O) groups excluding carboxylic acids is 1. The van der Waals surface area contributed by atoms with Crippen molar-refractivity contribution in [3.8, 4) is 0 Å². The monoisotopic (exact) mass is 288 g/mol. The molecule has 1 heterocycles. The second-order valence-electron chi connectivity index (χ2n) is 4.59. The Labute approximate surface area is 121 Å². The number of aryl methyl sites for hydroxylation is 1. The number of amides is 1. The molecule has 0 saturated carbocycles. The molecule has 0 unspecified atom stereocenters. The molecule has 0 fully saturated rings. The van der Waals surface area contributed by atoms with Gasteiger partial charge < -0.3 is 15.0 Å². The van der Waals surface area contributed by atoms with Crippen molar-refractivity contribution < 1.29 is 14.7 Å². The van der Waals surface area contributed by atoms with Crippen molar-refractivity contribution >= 4 is 22.8 Å². The maximum absolute atomic E-state index is 12.1. The maximum atomic E-state index is 12.1. The first kappa shape index (κ1) is 14.8. The number of carbonyl (C=O) groups is 2. The van der Waals surface area contributed by atoms with Crippen LogP contribution in [0.1, 0.15) is 23.7 Å². The van der Waals surface area contributed by atoms with E-state index < -0.39 is 11.4 Å². The predicted octanol–water partition coefficient (Wildman–Crippen LogP) is 1.23. The number of nitrogens with one attached hydrogen (secondary N) is 1. The van der Waals surface area contributed by atoms with Crippen LogP contribution in [0.3, 0.4) is 0 Å². The summed E-state index contributed by atoms with van der Waals surface area (Å²) >= 11 is 0. The van der Waals surface area contributed by atoms with E-state index in [4.69, 9.17) is 5.11 Å². The number of aromatic nitrogens is 1. The maximum Gasteiger partial charge on any atom is 0.341 e. The number of aromatic carboxylic acids is 1. The van der Waals surface area contributed by atoms with Crippen LogP contribution in [-0.4, -0.2) is 28.1 Å². The van der Waals surface area contributed by atoms with Crippen LogP contribution in [0.15, 0.2) is 35.3 Å². The number of rotatable bonds is 5. The Balaban J connectivity index is 2.47. The Bertz CT molecular complexity index is 749. The minimum Gasteiger partial charge on any atom is -0.477 e. The Hall–Kier alpha value is -2.63. The summed E-state index contributed by atoms with van der Waals surface area (Å²) in [7, 11) is 0. The minimum absolute atomic E-state index is 0.114. The van der Waals surface area contributed by atoms with Crippen molar-refractivity contribution in [1.29, 1.82) is 0 Å². The van der Waals surface area contributed by atoms with Gasteiger partial charge in [0, 0.05) is 31.1 Å². The summed E-state index contributed by atoms with van der Waals surface area (Å²) in [6.07, 6.45) is 1.52. The predicted molar refractivity (Wildman–Crippen MR) is 78.5 cm³/mol. The van der Waals surface area contributed by atoms with E-state index in [9.17, 15) is 14.4 Å². The molecule has 110 valence electrons. The molecule has 1 aromatic heterocycles. The van der Waals surface area contributed by atoms with E-state index >= 15 is 0 Å². The van der Waals surface area contributed by atoms with Crippen LogP contribution in [0.5, 0.6) is 0 Å². The molecule has 1 amide bonds. The van der Waals surface area contributed by atoms with E-state index in [-0.39, 0.29) is 17.9 Å². The van der Waals surface area contributed by atoms with Gasteiger partial charge in [-0.2, -0.15) is 0 Å². The van der Waals surface area contributed by atoms with E-state index in [1.54, 1.807) is 28.8 Å². The Morgan fingerprint density at radius 1 is 1.29 bits per heavy atom. The first-order chi connectivity index (χ1) is 10.0. The fraction of sp³-hybridized carbons (Fsp3) is 0.267. The van der Waals surface area contributed by atoms with Gasteiger partial charge in [-0.3, -0.25) is 9.59 Å². The normalized spacial score (nSPS) is 10.5. The summed E-state index contributed by atoms with van der Waals surface area (Å²) in [5.41, 5.74) is -0.172. The number of pyridine rings is 1. The van der Waals surface area contributed by atoms with Gasteiger partial charge in [-0.05, 0) is 19.1 Å². The molecule has 0 aliphatic heterocycles. The molecule has 0 aliphatic rings. The van der Waals surface area contributed by atoms with Gasteiger partial charge in [-0.1, -0.05) is 12.1 Å². The lowest BCUT2D eigenvalue weighted by molar-refractivity contribution is -0.121. The van der Waals surface area contributed by atoms with Crippen LogP contribution in [0.2, 0.25) is 0 Å². The highest BCUT2D eigenvalue weighted by molar-refractivity contribution is 5.92. The van der Waals surface area contributed by atoms with E-state index in [0.717, 1.165) is 0 Å². The molecule has 0 radical (unpaired) electrons. The molecule has 0 aliphatic carbocycles. The second-order valence-corrected chi connectivity index (χ2v) is 4.59. The van der Waals surface area contributed by atoms with Gasteiger partial charge in [0.15, 0.2) is 0 Å². The third-order valence-corrected chi connectivity index (χ3v) is 3.17. The van der Waals surface area contributed by atoms with Gasteiger partial charge in [0.25, 0.3) is 0 Å². The van der Waals surface area contributed by atoms with Crippen LogP contribution in [0.25, 0.3) is 10.9 Å². The number of nitrogens with zero attached hydrogens (tertiary/aromatic N) is 1. The summed E-state index contributed by atoms with van der Waals surface area (Å²) in [5, 5.41) is 12.1. The zero-order valence-electron chi connectivity index (χ0n) is 11.6. The van der Waals surface area contributed by atoms with Gasteiger partial charge in [0.05, 0.1) is 5.52 Å². The molecule has 0 spiro atoms. The number of para-hydroxylation sites is 1. The van der Waals surface area contributed by atoms with E-state index in [1.807, 2.05) is 6.92 Å². The van der Waals surface area contributed by atoms with Crippen molar-refractivity contribution in [2.75, 3.05) is 6.54 Å². The fourth-order valence-electron chi connectivity index (χ4n) is 2.19. The van der Waals surface area contributed by atoms with Crippen LogP contribution >= 0.6 is 0 Å². The molecule has 21 heavy (non-hydrogen) atoms. The van der Waals surface area contributed by atoms with Crippen LogP contribution in [0, 0.1) is 0 Å². The molecule has 0 bridgehead atoms. The third kappa shape index (κ3) is 3.10. The first-order valence-electron chi connectivity index (χ1n) is 6.66. The first-order valence-corrected chi connectivity index (χ1v) is 6.66. The fourth-order valence-corrected chi connectivity index (χ4v) is 2.19. The molecule has 2 rings (SSSR count). The highest BCUT2D eigenvalue weighted by Crippen LogP contribution is 2.12. The average Bonchev–Trinajstić information content (AvgIpc) is 2.47. The summed E-state index contributed by atoms with van der Waals surface area (Å²) in [5.74, 6) is -1.38. The Kier molecular flexibility index (Phi) is 4.37. The number of carboxylic acid groups (broad SMARTS) is 1. The molecule has 0 saturated heterocycles. The van der Waals surface area contributed by atoms with E-state index in [0.29, 0.717) is 24.0 Å². The van der Waals surface area contributed by atoms with Gasteiger partial charge in [0.1, 0.15) is 5.56 Å². The molecule has 0 atom stereocenters. The largest absolute Gasteiger partial charge is 0.477 e. The van der Waals surface area contributed by atoms with Gasteiger partial charge >= 0.3 is 5.97 Å². The average molecular weight is 288 g/mol. The minimum atomic E-state index is -1.27. The molecular formula is C15H16N2O4. The van der Waals surface area contributed by atoms with Crippen LogP contribution in [-0.2, 0) is 11.3 Å². The van der Waals surface area contributed by atoms with Crippen molar-refractivity contribution in [3.05, 3.63) is 46.2 Å². The van der Waals surface area contributed by atoms with Gasteiger partial charge in [-0.15, -0.1) is 0 Å². The highest BCUT2D eigenvalue weighted by Gasteiger charge is 2.14. The van der Waals surface area contributed by atoms with E-state index in [2.05, 4.69) is 5.32 Å². The Morgan fingerprint density at radius 2 is 2.00 bits per heavy atom. The van der Waals surface area contributed by atoms with Crippen LogP contribution in [0.4, 0.5) is 0 Å². The lowest BCUT2D eigenvalue weighted by Crippen LogP contribution is -2.25. The third-order valence-electron chi connectivity index (χ3n) is 3.17. The SMILES string of the molecule is CCNC(=O)CCn1cc(C(=O)O)c(=O)c2ccccc21. The van der Waals surface area contributed by atoms with Gasteiger partial charge in [-0.25, -0.2) is 4.79 Å². The number of hydrogen-bond donors (Lipinski definition) is 2. The second kappa shape index (κ2) is 6.21. The van der Waals surface area contributed by atoms with Crippen molar-refractivity contribution in [3.63, 3.8) is 0 Å². The Morgan fingerprint density at radius 3 is 2.67 bits per heavy atom. The zero-order chi connectivity index (χ0) is 15.4. The van der Waals surface area contributed by atoms with Crippen molar-refractivity contribution in [2.45, 2.75) is 19.9 Å². The highest BCUT2D eigenvalue weighted by atomic mass is 16.4. The van der Waals surface area contributed by atoms with Crippen LogP contribution < -0.4 is 10.7 Å². The molecule has 2 aromatic rings. The number of hydrogen-bond acceptors (Lipinski definition) is 3. The zero-order valence-corrected chi connectivity index (χ0v) is 11.6. The summed E-state index contributed by atoms with van der Waals surface area (Å²) in [6, 6.07) is 6.78. The molecular weight excluding hydrogens is 272 g/mol. The standard InChI is InChI=1S/C15H16N2O4/c1-2-16-13(18)7-8-17-9-11(15(20)21)14(19)10-5-3-4-6-12(10)17/h3-6,9H,2,7-8H2,1H3,(H,16,18)(H,20,21). The van der Waals surface area contributed by atoms with E-state index in [1.165, 1.54) is 6.20 Å². The van der Waals surface area contributed by atoms with Gasteiger partial charge in [0.2, 0.25) is 11.3 Å². The lowest BCUT2D eigenvalue weighted by atomic mass is 10.1. The number of fused-ring (bicyclic) bond motifs is 1. The number of carboxylic acids is 1. The van der Waals surface area contributed by atoms with Crippen molar-refractivity contribution in [1.82, 2.24) is 9.88 Å². The molecule has 1 aromatic carbocycles. The molecule has 6 heteroatoms. The number of benzene rings is 1. The lowest BCUT2D eigenvalue weighted by Gasteiger charge is -2.12. The summed E-state index contributed by atoms with van der Waals surface area (Å²) in [4.78, 5) is 34.8. The van der Waals surface area contributed by atoms with Crippen molar-refractivity contribution in [2.24, 2.45) is 0 Å². The summed E-state index contributed by atoms with van der Waals surface area (Å²) in [6.45, 7) is 2.69. The smallest absolute Gasteiger partial charge is 0.341 e. The summed E-state index contributed by atoms with van der Waals surface area (Å²) < 4.78 is 1.63.